The molecule has 28 heavy (non-hydrogen) atoms. The third-order valence-electron chi connectivity index (χ3n) is 5.30. The van der Waals surface area contributed by atoms with E-state index in [0.29, 0.717) is 12.0 Å². The van der Waals surface area contributed by atoms with E-state index in [0.717, 1.165) is 44.7 Å². The van der Waals surface area contributed by atoms with E-state index in [1.807, 2.05) is 0 Å². The second-order valence-corrected chi connectivity index (χ2v) is 7.16. The Hall–Kier alpha value is -2.29. The molecule has 154 valence electrons. The van der Waals surface area contributed by atoms with E-state index in [9.17, 15) is 18.0 Å². The van der Waals surface area contributed by atoms with Gasteiger partial charge in [-0.3, -0.25) is 14.7 Å². The average Bonchev–Trinajstić information content (AvgIpc) is 3.20. The molecule has 1 aromatic rings. The van der Waals surface area contributed by atoms with Crippen LogP contribution in [0.3, 0.4) is 0 Å². The normalized spacial score (nSPS) is 21.1. The standard InChI is InChI=1S/C19H26F3N5O/c1-23-19(27-10-7-13(12-27)26-8-3-2-4-9-26)24-11-16(28)25-15-6-5-14(20)17(21)18(15)22/h5-6,13H,2-4,7-12H2,1H3,(H,23,24)(H,25,28). The van der Waals surface area contributed by atoms with Crippen LogP contribution in [0.2, 0.25) is 0 Å². The van der Waals surface area contributed by atoms with E-state index >= 15 is 0 Å². The van der Waals surface area contributed by atoms with Crippen molar-refractivity contribution >= 4 is 17.6 Å². The Bertz CT molecular complexity index is 737. The second-order valence-electron chi connectivity index (χ2n) is 7.16. The zero-order chi connectivity index (χ0) is 20.1. The molecule has 1 amide bonds. The van der Waals surface area contributed by atoms with Crippen molar-refractivity contribution in [2.75, 3.05) is 45.1 Å². The van der Waals surface area contributed by atoms with Gasteiger partial charge in [-0.15, -0.1) is 0 Å². The van der Waals surface area contributed by atoms with Gasteiger partial charge >= 0.3 is 0 Å². The van der Waals surface area contributed by atoms with Crippen LogP contribution in [0.15, 0.2) is 17.1 Å². The summed E-state index contributed by atoms with van der Waals surface area (Å²) in [6.07, 6.45) is 4.82. The van der Waals surface area contributed by atoms with Gasteiger partial charge in [-0.1, -0.05) is 6.42 Å². The molecule has 6 nitrogen and oxygen atoms in total. The van der Waals surface area contributed by atoms with Crippen molar-refractivity contribution in [2.24, 2.45) is 4.99 Å². The number of carbonyl (C=O) groups excluding carboxylic acids is 1. The Kier molecular flexibility index (Phi) is 6.77. The van der Waals surface area contributed by atoms with Crippen LogP contribution in [0.4, 0.5) is 18.9 Å². The summed E-state index contributed by atoms with van der Waals surface area (Å²) in [5.41, 5.74) is -0.396. The fourth-order valence-electron chi connectivity index (χ4n) is 3.82. The van der Waals surface area contributed by atoms with E-state index in [-0.39, 0.29) is 6.54 Å². The Morgan fingerprint density at radius 1 is 1.14 bits per heavy atom. The lowest BCUT2D eigenvalue weighted by atomic mass is 10.1. The minimum absolute atomic E-state index is 0.157. The van der Waals surface area contributed by atoms with Gasteiger partial charge < -0.3 is 15.5 Å². The molecule has 0 bridgehead atoms. The molecule has 0 aliphatic carbocycles. The number of aliphatic imine (C=N–C) groups is 1. The molecule has 0 aromatic heterocycles. The Morgan fingerprint density at radius 2 is 1.89 bits per heavy atom. The predicted octanol–water partition coefficient (Wildman–Crippen LogP) is 2.18. The summed E-state index contributed by atoms with van der Waals surface area (Å²) < 4.78 is 39.9. The van der Waals surface area contributed by atoms with Gasteiger partial charge in [0.2, 0.25) is 5.91 Å². The number of hydrogen-bond acceptors (Lipinski definition) is 3. The highest BCUT2D eigenvalue weighted by atomic mass is 19.2. The van der Waals surface area contributed by atoms with Crippen LogP contribution < -0.4 is 10.6 Å². The van der Waals surface area contributed by atoms with Crippen molar-refractivity contribution in [2.45, 2.75) is 31.7 Å². The van der Waals surface area contributed by atoms with E-state index < -0.39 is 29.0 Å². The highest BCUT2D eigenvalue weighted by Crippen LogP contribution is 2.21. The molecule has 0 saturated carbocycles. The molecule has 2 aliphatic heterocycles. The molecule has 2 N–H and O–H groups in total. The average molecular weight is 397 g/mol. The number of nitrogens with one attached hydrogen (secondary N) is 2. The van der Waals surface area contributed by atoms with Crippen molar-refractivity contribution in [3.8, 4) is 0 Å². The molecule has 1 atom stereocenters. The largest absolute Gasteiger partial charge is 0.347 e. The van der Waals surface area contributed by atoms with E-state index in [4.69, 9.17) is 0 Å². The third-order valence-corrected chi connectivity index (χ3v) is 5.30. The highest BCUT2D eigenvalue weighted by molar-refractivity contribution is 5.95. The lowest BCUT2D eigenvalue weighted by molar-refractivity contribution is -0.115. The fraction of sp³-hybridized carbons (Fsp3) is 0.579. The number of carbonyl (C=O) groups is 1. The van der Waals surface area contributed by atoms with Gasteiger partial charge in [0, 0.05) is 26.2 Å². The Morgan fingerprint density at radius 3 is 2.61 bits per heavy atom. The lowest BCUT2D eigenvalue weighted by Crippen LogP contribution is -2.46. The minimum Gasteiger partial charge on any atom is -0.347 e. The number of amides is 1. The predicted molar refractivity (Wildman–Crippen MR) is 102 cm³/mol. The summed E-state index contributed by atoms with van der Waals surface area (Å²) in [6.45, 7) is 3.80. The van der Waals surface area contributed by atoms with Crippen LogP contribution in [0.1, 0.15) is 25.7 Å². The zero-order valence-corrected chi connectivity index (χ0v) is 16.0. The summed E-state index contributed by atoms with van der Waals surface area (Å²) >= 11 is 0. The molecule has 0 spiro atoms. The van der Waals surface area contributed by atoms with Crippen molar-refractivity contribution in [3.05, 3.63) is 29.6 Å². The van der Waals surface area contributed by atoms with E-state index in [1.54, 1.807) is 7.05 Å². The first-order valence-corrected chi connectivity index (χ1v) is 9.62. The maximum absolute atomic E-state index is 13.7. The number of halogens is 3. The van der Waals surface area contributed by atoms with E-state index in [2.05, 4.69) is 25.4 Å². The van der Waals surface area contributed by atoms with E-state index in [1.165, 1.54) is 19.3 Å². The number of piperidine rings is 1. The second kappa shape index (κ2) is 9.27. The summed E-state index contributed by atoms with van der Waals surface area (Å²) in [5.74, 6) is -4.30. The molecule has 2 heterocycles. The number of guanidine groups is 1. The number of hydrogen-bond donors (Lipinski definition) is 2. The topological polar surface area (TPSA) is 60.0 Å². The summed E-state index contributed by atoms with van der Waals surface area (Å²) in [4.78, 5) is 20.9. The summed E-state index contributed by atoms with van der Waals surface area (Å²) in [7, 11) is 1.64. The van der Waals surface area contributed by atoms with Crippen LogP contribution in [-0.4, -0.2) is 67.5 Å². The monoisotopic (exact) mass is 397 g/mol. The minimum atomic E-state index is -1.61. The third kappa shape index (κ3) is 4.76. The van der Waals surface area contributed by atoms with Crippen LogP contribution in [0, 0.1) is 17.5 Å². The number of benzene rings is 1. The molecule has 2 aliphatic rings. The molecule has 2 saturated heterocycles. The molecule has 0 radical (unpaired) electrons. The van der Waals surface area contributed by atoms with Gasteiger partial charge in [0.15, 0.2) is 23.4 Å². The fourth-order valence-corrected chi connectivity index (χ4v) is 3.82. The summed E-state index contributed by atoms with van der Waals surface area (Å²) in [5, 5.41) is 5.20. The van der Waals surface area contributed by atoms with Crippen molar-refractivity contribution < 1.29 is 18.0 Å². The Labute approximate surface area is 162 Å². The molecule has 9 heteroatoms. The highest BCUT2D eigenvalue weighted by Gasteiger charge is 2.30. The zero-order valence-electron chi connectivity index (χ0n) is 16.0. The van der Waals surface area contributed by atoms with Gasteiger partial charge in [-0.2, -0.15) is 0 Å². The smallest absolute Gasteiger partial charge is 0.243 e. The van der Waals surface area contributed by atoms with Crippen molar-refractivity contribution in [1.29, 1.82) is 0 Å². The number of nitrogens with zero attached hydrogens (tertiary/aromatic N) is 3. The maximum atomic E-state index is 13.7. The number of anilines is 1. The molecule has 2 fully saturated rings. The Balaban J connectivity index is 1.50. The van der Waals surface area contributed by atoms with Gasteiger partial charge in [-0.25, -0.2) is 13.2 Å². The van der Waals surface area contributed by atoms with Crippen LogP contribution in [-0.2, 0) is 4.79 Å². The lowest BCUT2D eigenvalue weighted by Gasteiger charge is -2.32. The van der Waals surface area contributed by atoms with Gasteiger partial charge in [0.05, 0.1) is 12.2 Å². The first-order chi connectivity index (χ1) is 13.5. The van der Waals surface area contributed by atoms with Crippen molar-refractivity contribution in [1.82, 2.24) is 15.1 Å². The SMILES string of the molecule is CN=C(NCC(=O)Nc1ccc(F)c(F)c1F)N1CCC(N2CCCCC2)C1. The maximum Gasteiger partial charge on any atom is 0.243 e. The van der Waals surface area contributed by atoms with Crippen LogP contribution >= 0.6 is 0 Å². The number of rotatable bonds is 4. The summed E-state index contributed by atoms with van der Waals surface area (Å²) in [6, 6.07) is 2.25. The molecular formula is C19H26F3N5O. The van der Waals surface area contributed by atoms with Crippen LogP contribution in [0.5, 0.6) is 0 Å². The molecule has 3 rings (SSSR count). The van der Waals surface area contributed by atoms with Gasteiger partial charge in [0.1, 0.15) is 0 Å². The van der Waals surface area contributed by atoms with Gasteiger partial charge in [0.25, 0.3) is 0 Å². The number of likely N-dealkylation sites (tertiary alicyclic amines) is 2. The van der Waals surface area contributed by atoms with Crippen LogP contribution in [0.25, 0.3) is 0 Å². The molecule has 1 unspecified atom stereocenters. The quantitative estimate of drug-likeness (QED) is 0.465. The molecular weight excluding hydrogens is 371 g/mol. The first kappa shape index (κ1) is 20.4. The first-order valence-electron chi connectivity index (χ1n) is 9.62. The van der Waals surface area contributed by atoms with Gasteiger partial charge in [-0.05, 0) is 44.5 Å². The van der Waals surface area contributed by atoms with Crippen molar-refractivity contribution in [3.63, 3.8) is 0 Å². The molecule has 1 aromatic carbocycles.